The maximum Gasteiger partial charge on any atom is 0.230 e. The van der Waals surface area contributed by atoms with Crippen molar-refractivity contribution in [2.45, 2.75) is 27.2 Å². The number of amides is 1. The zero-order valence-electron chi connectivity index (χ0n) is 16.0. The second-order valence-electron chi connectivity index (χ2n) is 7.12. The summed E-state index contributed by atoms with van der Waals surface area (Å²) in [5, 5.41) is 3.52. The van der Waals surface area contributed by atoms with E-state index in [0.29, 0.717) is 10.7 Å². The summed E-state index contributed by atoms with van der Waals surface area (Å²) in [4.78, 5) is 21.7. The molecule has 1 aliphatic heterocycles. The topological polar surface area (TPSA) is 54.4 Å². The van der Waals surface area contributed by atoms with Gasteiger partial charge >= 0.3 is 0 Å². The van der Waals surface area contributed by atoms with Gasteiger partial charge in [0.05, 0.1) is 23.5 Å². The maximum absolute atomic E-state index is 12.4. The van der Waals surface area contributed by atoms with Crippen LogP contribution in [0.3, 0.4) is 0 Å². The molecule has 0 spiro atoms. The molecule has 0 unspecified atom stereocenters. The van der Waals surface area contributed by atoms with Gasteiger partial charge in [0.15, 0.2) is 0 Å². The van der Waals surface area contributed by atoms with Gasteiger partial charge in [0.2, 0.25) is 5.91 Å². The lowest BCUT2D eigenvalue weighted by Gasteiger charge is -2.09. The van der Waals surface area contributed by atoms with E-state index in [9.17, 15) is 4.79 Å². The predicted molar refractivity (Wildman–Crippen MR) is 115 cm³/mol. The van der Waals surface area contributed by atoms with E-state index in [-0.39, 0.29) is 12.3 Å². The summed E-state index contributed by atoms with van der Waals surface area (Å²) in [7, 11) is 0. The van der Waals surface area contributed by atoms with E-state index < -0.39 is 0 Å². The van der Waals surface area contributed by atoms with E-state index in [4.69, 9.17) is 16.6 Å². The Morgan fingerprint density at radius 2 is 1.64 bits per heavy atom. The van der Waals surface area contributed by atoms with Crippen molar-refractivity contribution in [1.82, 2.24) is 4.98 Å². The van der Waals surface area contributed by atoms with E-state index in [2.05, 4.69) is 34.6 Å². The van der Waals surface area contributed by atoms with Gasteiger partial charge in [0.25, 0.3) is 0 Å². The Balaban J connectivity index is 1.80. The number of benzene rings is 2. The third-order valence-electron chi connectivity index (χ3n) is 4.75. The van der Waals surface area contributed by atoms with Crippen LogP contribution in [0.1, 0.15) is 28.9 Å². The number of fused-ring (bicyclic) bond motifs is 1. The number of aryl methyl sites for hydroxylation is 3. The summed E-state index contributed by atoms with van der Waals surface area (Å²) in [6.07, 6.45) is 0.212. The van der Waals surface area contributed by atoms with Gasteiger partial charge in [-0.3, -0.25) is 14.8 Å². The highest BCUT2D eigenvalue weighted by Crippen LogP contribution is 2.34. The minimum Gasteiger partial charge on any atom is -0.324 e. The van der Waals surface area contributed by atoms with Crippen LogP contribution in [0.25, 0.3) is 11.1 Å². The molecule has 0 saturated carbocycles. The number of carbonyl (C=O) groups excluding carboxylic acids is 1. The monoisotopic (exact) mass is 389 g/mol. The van der Waals surface area contributed by atoms with Crippen LogP contribution in [-0.4, -0.2) is 16.6 Å². The van der Waals surface area contributed by atoms with Crippen LogP contribution in [0.2, 0.25) is 5.02 Å². The first-order valence-corrected chi connectivity index (χ1v) is 9.50. The Bertz CT molecular complexity index is 1110. The number of pyridine rings is 1. The third kappa shape index (κ3) is 3.69. The third-order valence-corrected chi connectivity index (χ3v) is 5.15. The molecule has 5 heteroatoms. The quantitative estimate of drug-likeness (QED) is 0.603. The molecular weight excluding hydrogens is 370 g/mol. The van der Waals surface area contributed by atoms with Crippen LogP contribution in [-0.2, 0) is 4.79 Å². The predicted octanol–water partition coefficient (Wildman–Crippen LogP) is 5.79. The SMILES string of the molecule is Cc1cc(-c2cccc(C3=Nc4cc(C)c(Cl)cc4NC(=O)C3)c2)cc(C)n1. The summed E-state index contributed by atoms with van der Waals surface area (Å²) in [5.74, 6) is -0.0987. The average molecular weight is 390 g/mol. The molecule has 1 aromatic heterocycles. The second kappa shape index (κ2) is 7.21. The second-order valence-corrected chi connectivity index (χ2v) is 7.53. The number of hydrogen-bond donors (Lipinski definition) is 1. The summed E-state index contributed by atoms with van der Waals surface area (Å²) >= 11 is 6.21. The zero-order chi connectivity index (χ0) is 19.8. The molecule has 0 radical (unpaired) electrons. The zero-order valence-corrected chi connectivity index (χ0v) is 16.8. The van der Waals surface area contributed by atoms with E-state index in [0.717, 1.165) is 45.0 Å². The van der Waals surface area contributed by atoms with Gasteiger partial charge in [-0.05, 0) is 73.4 Å². The molecule has 140 valence electrons. The number of rotatable bonds is 2. The fourth-order valence-electron chi connectivity index (χ4n) is 3.44. The van der Waals surface area contributed by atoms with E-state index >= 15 is 0 Å². The Kier molecular flexibility index (Phi) is 4.73. The maximum atomic E-state index is 12.4. The number of nitrogens with zero attached hydrogens (tertiary/aromatic N) is 2. The molecular formula is C23H20ClN3O. The highest BCUT2D eigenvalue weighted by atomic mass is 35.5. The van der Waals surface area contributed by atoms with Crippen LogP contribution in [0.4, 0.5) is 11.4 Å². The Hall–Kier alpha value is -2.98. The highest BCUT2D eigenvalue weighted by Gasteiger charge is 2.18. The standard InChI is InChI=1S/C23H20ClN3O/c1-13-7-21-22(11-19(13)24)27-23(28)12-20(26-21)17-6-4-5-16(10-17)18-8-14(2)25-15(3)9-18/h4-11H,12H2,1-3H3,(H,27,28). The number of carbonyl (C=O) groups is 1. The molecule has 2 aromatic carbocycles. The molecule has 3 aromatic rings. The van der Waals surface area contributed by atoms with Crippen molar-refractivity contribution in [3.05, 3.63) is 76.1 Å². The molecule has 4 nitrogen and oxygen atoms in total. The molecule has 0 bridgehead atoms. The smallest absolute Gasteiger partial charge is 0.230 e. The normalized spacial score (nSPS) is 13.4. The van der Waals surface area contributed by atoms with Gasteiger partial charge in [0, 0.05) is 16.4 Å². The van der Waals surface area contributed by atoms with Gasteiger partial charge < -0.3 is 5.32 Å². The summed E-state index contributed by atoms with van der Waals surface area (Å²) in [6.45, 7) is 5.91. The van der Waals surface area contributed by atoms with Crippen molar-refractivity contribution in [2.24, 2.45) is 4.99 Å². The number of nitrogens with one attached hydrogen (secondary N) is 1. The van der Waals surface area contributed by atoms with Gasteiger partial charge in [-0.2, -0.15) is 0 Å². The number of aromatic nitrogens is 1. The lowest BCUT2D eigenvalue weighted by Crippen LogP contribution is -2.15. The fourth-order valence-corrected chi connectivity index (χ4v) is 3.60. The molecule has 1 aliphatic rings. The Labute approximate surface area is 169 Å². The Morgan fingerprint density at radius 3 is 2.39 bits per heavy atom. The summed E-state index contributed by atoms with van der Waals surface area (Å²) in [5.41, 5.74) is 8.11. The largest absolute Gasteiger partial charge is 0.324 e. The van der Waals surface area contributed by atoms with Crippen LogP contribution in [0, 0.1) is 20.8 Å². The summed E-state index contributed by atoms with van der Waals surface area (Å²) in [6, 6.07) is 15.9. The van der Waals surface area contributed by atoms with Gasteiger partial charge in [-0.25, -0.2) is 0 Å². The first-order chi connectivity index (χ1) is 13.4. The molecule has 2 heterocycles. The lowest BCUT2D eigenvalue weighted by atomic mass is 9.99. The molecule has 0 fully saturated rings. The van der Waals surface area contributed by atoms with Crippen molar-refractivity contribution < 1.29 is 4.79 Å². The molecule has 4 rings (SSSR count). The number of anilines is 1. The molecule has 28 heavy (non-hydrogen) atoms. The fraction of sp³-hybridized carbons (Fsp3) is 0.174. The van der Waals surface area contributed by atoms with Crippen LogP contribution < -0.4 is 5.32 Å². The Morgan fingerprint density at radius 1 is 0.929 bits per heavy atom. The van der Waals surface area contributed by atoms with Crippen molar-refractivity contribution in [3.63, 3.8) is 0 Å². The van der Waals surface area contributed by atoms with Gasteiger partial charge in [0.1, 0.15) is 0 Å². The number of aliphatic imine (C=N–C) groups is 1. The van der Waals surface area contributed by atoms with Crippen LogP contribution >= 0.6 is 11.6 Å². The van der Waals surface area contributed by atoms with Crippen LogP contribution in [0.5, 0.6) is 0 Å². The molecule has 1 N–H and O–H groups in total. The first kappa shape index (κ1) is 18.4. The van der Waals surface area contributed by atoms with Crippen molar-refractivity contribution >= 4 is 34.6 Å². The number of halogens is 1. The van der Waals surface area contributed by atoms with Crippen molar-refractivity contribution in [1.29, 1.82) is 0 Å². The minimum absolute atomic E-state index is 0.0987. The number of hydrogen-bond acceptors (Lipinski definition) is 3. The van der Waals surface area contributed by atoms with Crippen molar-refractivity contribution in [3.8, 4) is 11.1 Å². The summed E-state index contributed by atoms with van der Waals surface area (Å²) < 4.78 is 0. The molecule has 1 amide bonds. The van der Waals surface area contributed by atoms with Crippen molar-refractivity contribution in [2.75, 3.05) is 5.32 Å². The first-order valence-electron chi connectivity index (χ1n) is 9.13. The van der Waals surface area contributed by atoms with Gasteiger partial charge in [-0.15, -0.1) is 0 Å². The van der Waals surface area contributed by atoms with Gasteiger partial charge in [-0.1, -0.05) is 29.8 Å². The minimum atomic E-state index is -0.0987. The molecule has 0 saturated heterocycles. The van der Waals surface area contributed by atoms with Crippen LogP contribution in [0.15, 0.2) is 53.5 Å². The average Bonchev–Trinajstić information content (AvgIpc) is 2.79. The highest BCUT2D eigenvalue weighted by molar-refractivity contribution is 6.32. The van der Waals surface area contributed by atoms with E-state index in [1.807, 2.05) is 39.0 Å². The molecule has 0 atom stereocenters. The van der Waals surface area contributed by atoms with E-state index in [1.165, 1.54) is 0 Å². The van der Waals surface area contributed by atoms with E-state index in [1.54, 1.807) is 6.07 Å². The molecule has 0 aliphatic carbocycles. The lowest BCUT2D eigenvalue weighted by molar-refractivity contribution is -0.115.